The maximum atomic E-state index is 4.41. The van der Waals surface area contributed by atoms with E-state index in [1.54, 1.807) is 0 Å². The Morgan fingerprint density at radius 1 is 1.26 bits per heavy atom. The molecule has 0 radical (unpaired) electrons. The fourth-order valence-electron chi connectivity index (χ4n) is 2.24. The van der Waals surface area contributed by atoms with Crippen molar-refractivity contribution in [2.45, 2.75) is 19.9 Å². The minimum absolute atomic E-state index is 0.346. The number of pyridine rings is 1. The molecule has 19 heavy (non-hydrogen) atoms. The predicted molar refractivity (Wildman–Crippen MR) is 81.3 cm³/mol. The molecule has 0 saturated carbocycles. The summed E-state index contributed by atoms with van der Waals surface area (Å²) in [4.78, 5) is 6.72. The van der Waals surface area contributed by atoms with Crippen molar-refractivity contribution < 1.29 is 0 Å². The lowest BCUT2D eigenvalue weighted by Crippen LogP contribution is -2.30. The van der Waals surface area contributed by atoms with Crippen molar-refractivity contribution in [3.63, 3.8) is 0 Å². The molecule has 3 nitrogen and oxygen atoms in total. The molecule has 1 unspecified atom stereocenters. The van der Waals surface area contributed by atoms with Gasteiger partial charge in [-0.05, 0) is 38.2 Å². The standard InChI is InChI=1S/C16H23N3/c1-4-19(3)12-11-17-13(2)14-7-5-9-16-15(14)8-6-10-18-16/h5-10,13,17H,4,11-12H2,1-3H3. The summed E-state index contributed by atoms with van der Waals surface area (Å²) in [7, 11) is 2.15. The van der Waals surface area contributed by atoms with Crippen LogP contribution in [0.2, 0.25) is 0 Å². The summed E-state index contributed by atoms with van der Waals surface area (Å²) in [5.74, 6) is 0. The minimum Gasteiger partial charge on any atom is -0.309 e. The molecule has 0 aliphatic heterocycles. The van der Waals surface area contributed by atoms with Crippen molar-refractivity contribution in [1.82, 2.24) is 15.2 Å². The highest BCUT2D eigenvalue weighted by atomic mass is 15.1. The van der Waals surface area contributed by atoms with Crippen LogP contribution in [0.15, 0.2) is 36.5 Å². The molecule has 0 bridgehead atoms. The van der Waals surface area contributed by atoms with Crippen LogP contribution in [0.3, 0.4) is 0 Å². The average Bonchev–Trinajstić information content (AvgIpc) is 2.46. The lowest BCUT2D eigenvalue weighted by Gasteiger charge is -2.19. The number of nitrogens with one attached hydrogen (secondary N) is 1. The second kappa shape index (κ2) is 6.64. The Labute approximate surface area is 115 Å². The second-order valence-electron chi connectivity index (χ2n) is 4.99. The molecule has 0 aliphatic rings. The molecule has 102 valence electrons. The lowest BCUT2D eigenvalue weighted by molar-refractivity contribution is 0.342. The van der Waals surface area contributed by atoms with Crippen molar-refractivity contribution in [2.24, 2.45) is 0 Å². The molecule has 1 atom stereocenters. The van der Waals surface area contributed by atoms with Crippen LogP contribution in [0.5, 0.6) is 0 Å². The van der Waals surface area contributed by atoms with Gasteiger partial charge in [0.05, 0.1) is 5.52 Å². The molecule has 3 heteroatoms. The Balaban J connectivity index is 2.07. The van der Waals surface area contributed by atoms with Gasteiger partial charge in [-0.25, -0.2) is 0 Å². The minimum atomic E-state index is 0.346. The Morgan fingerprint density at radius 3 is 2.89 bits per heavy atom. The van der Waals surface area contributed by atoms with Gasteiger partial charge in [0.15, 0.2) is 0 Å². The third-order valence-electron chi connectivity index (χ3n) is 3.63. The van der Waals surface area contributed by atoms with Gasteiger partial charge in [0.1, 0.15) is 0 Å². The number of hydrogen-bond donors (Lipinski definition) is 1. The number of aromatic nitrogens is 1. The number of nitrogens with zero attached hydrogens (tertiary/aromatic N) is 2. The summed E-state index contributed by atoms with van der Waals surface area (Å²) >= 11 is 0. The smallest absolute Gasteiger partial charge is 0.0705 e. The van der Waals surface area contributed by atoms with Crippen molar-refractivity contribution >= 4 is 10.9 Å². The SMILES string of the molecule is CCN(C)CCNC(C)c1cccc2ncccc12. The first-order valence-electron chi connectivity index (χ1n) is 6.98. The molecule has 0 spiro atoms. The largest absolute Gasteiger partial charge is 0.309 e. The maximum Gasteiger partial charge on any atom is 0.0705 e. The molecular formula is C16H23N3. The fraction of sp³-hybridized carbons (Fsp3) is 0.438. The normalized spacial score (nSPS) is 13.1. The van der Waals surface area contributed by atoms with Crippen molar-refractivity contribution in [2.75, 3.05) is 26.7 Å². The highest BCUT2D eigenvalue weighted by molar-refractivity contribution is 5.82. The second-order valence-corrected chi connectivity index (χ2v) is 4.99. The summed E-state index contributed by atoms with van der Waals surface area (Å²) in [6, 6.07) is 10.8. The molecule has 1 heterocycles. The van der Waals surface area contributed by atoms with E-state index < -0.39 is 0 Å². The number of likely N-dealkylation sites (N-methyl/N-ethyl adjacent to an activating group) is 1. The fourth-order valence-corrected chi connectivity index (χ4v) is 2.24. The first-order chi connectivity index (χ1) is 9.22. The molecule has 1 aromatic carbocycles. The first kappa shape index (κ1) is 14.0. The van der Waals surface area contributed by atoms with Gasteiger partial charge in [0, 0.05) is 30.7 Å². The van der Waals surface area contributed by atoms with Crippen molar-refractivity contribution in [3.8, 4) is 0 Å². The first-order valence-corrected chi connectivity index (χ1v) is 6.98. The quantitative estimate of drug-likeness (QED) is 0.862. The van der Waals surface area contributed by atoms with E-state index in [2.05, 4.69) is 60.4 Å². The third kappa shape index (κ3) is 3.52. The van der Waals surface area contributed by atoms with Gasteiger partial charge in [0.2, 0.25) is 0 Å². The number of hydrogen-bond acceptors (Lipinski definition) is 3. The van der Waals surface area contributed by atoms with Crippen LogP contribution >= 0.6 is 0 Å². The van der Waals surface area contributed by atoms with E-state index in [9.17, 15) is 0 Å². The molecule has 2 rings (SSSR count). The number of fused-ring (bicyclic) bond motifs is 1. The highest BCUT2D eigenvalue weighted by Gasteiger charge is 2.08. The highest BCUT2D eigenvalue weighted by Crippen LogP contribution is 2.22. The van der Waals surface area contributed by atoms with Crippen molar-refractivity contribution in [3.05, 3.63) is 42.1 Å². The molecule has 1 aromatic heterocycles. The number of rotatable bonds is 6. The summed E-state index contributed by atoms with van der Waals surface area (Å²) in [6.07, 6.45) is 1.85. The van der Waals surface area contributed by atoms with Gasteiger partial charge < -0.3 is 10.2 Å². The Kier molecular flexibility index (Phi) is 4.88. The molecule has 2 aromatic rings. The molecule has 0 amide bonds. The van der Waals surface area contributed by atoms with E-state index in [0.29, 0.717) is 6.04 Å². The predicted octanol–water partition coefficient (Wildman–Crippen LogP) is 2.84. The van der Waals surface area contributed by atoms with E-state index in [0.717, 1.165) is 25.2 Å². The zero-order chi connectivity index (χ0) is 13.7. The van der Waals surface area contributed by atoms with Crippen LogP contribution in [0.25, 0.3) is 10.9 Å². The Bertz CT molecular complexity index is 519. The van der Waals surface area contributed by atoms with Gasteiger partial charge in [-0.15, -0.1) is 0 Å². The molecule has 0 saturated heterocycles. The summed E-state index contributed by atoms with van der Waals surface area (Å²) in [6.45, 7) is 7.56. The lowest BCUT2D eigenvalue weighted by atomic mass is 10.0. The summed E-state index contributed by atoms with van der Waals surface area (Å²) < 4.78 is 0. The van der Waals surface area contributed by atoms with Gasteiger partial charge >= 0.3 is 0 Å². The van der Waals surface area contributed by atoms with Crippen LogP contribution in [0.1, 0.15) is 25.5 Å². The molecule has 1 N–H and O–H groups in total. The Hall–Kier alpha value is -1.45. The van der Waals surface area contributed by atoms with Crippen molar-refractivity contribution in [1.29, 1.82) is 0 Å². The van der Waals surface area contributed by atoms with Crippen LogP contribution in [-0.4, -0.2) is 36.6 Å². The zero-order valence-electron chi connectivity index (χ0n) is 12.1. The van der Waals surface area contributed by atoms with Gasteiger partial charge in [-0.2, -0.15) is 0 Å². The van der Waals surface area contributed by atoms with Crippen LogP contribution < -0.4 is 5.32 Å². The van der Waals surface area contributed by atoms with E-state index >= 15 is 0 Å². The van der Waals surface area contributed by atoms with Crippen LogP contribution in [0, 0.1) is 0 Å². The van der Waals surface area contributed by atoms with E-state index in [1.165, 1.54) is 10.9 Å². The van der Waals surface area contributed by atoms with Crippen LogP contribution in [-0.2, 0) is 0 Å². The molecule has 0 fully saturated rings. The van der Waals surface area contributed by atoms with Gasteiger partial charge in [-0.3, -0.25) is 4.98 Å². The van der Waals surface area contributed by atoms with Gasteiger partial charge in [0.25, 0.3) is 0 Å². The monoisotopic (exact) mass is 257 g/mol. The molecular weight excluding hydrogens is 234 g/mol. The van der Waals surface area contributed by atoms with Gasteiger partial charge in [-0.1, -0.05) is 25.1 Å². The Morgan fingerprint density at radius 2 is 2.11 bits per heavy atom. The summed E-state index contributed by atoms with van der Waals surface area (Å²) in [5.41, 5.74) is 2.39. The maximum absolute atomic E-state index is 4.41. The average molecular weight is 257 g/mol. The van der Waals surface area contributed by atoms with E-state index in [1.807, 2.05) is 12.3 Å². The number of benzene rings is 1. The third-order valence-corrected chi connectivity index (χ3v) is 3.63. The summed E-state index contributed by atoms with van der Waals surface area (Å²) in [5, 5.41) is 4.83. The van der Waals surface area contributed by atoms with E-state index in [-0.39, 0.29) is 0 Å². The molecule has 0 aliphatic carbocycles. The zero-order valence-corrected chi connectivity index (χ0v) is 12.1. The van der Waals surface area contributed by atoms with Crippen LogP contribution in [0.4, 0.5) is 0 Å². The van der Waals surface area contributed by atoms with E-state index in [4.69, 9.17) is 0 Å². The topological polar surface area (TPSA) is 28.2 Å².